The van der Waals surface area contributed by atoms with Gasteiger partial charge in [-0.15, -0.1) is 11.3 Å². The van der Waals surface area contributed by atoms with Crippen LogP contribution in [0.5, 0.6) is 5.75 Å². The van der Waals surface area contributed by atoms with Crippen LogP contribution in [0.15, 0.2) is 58.3 Å². The lowest BCUT2D eigenvalue weighted by molar-refractivity contribution is -0.127. The predicted octanol–water partition coefficient (Wildman–Crippen LogP) is 5.03. The molecule has 0 saturated heterocycles. The lowest BCUT2D eigenvalue weighted by Crippen LogP contribution is -2.46. The van der Waals surface area contributed by atoms with Gasteiger partial charge >= 0.3 is 0 Å². The maximum Gasteiger partial charge on any atom is 0.251 e. The van der Waals surface area contributed by atoms with E-state index in [-0.39, 0.29) is 24.3 Å². The Hall–Kier alpha value is -3.06. The summed E-state index contributed by atoms with van der Waals surface area (Å²) in [5.41, 5.74) is 0.619. The molecule has 1 aromatic carbocycles. The number of hydrogen-bond donors (Lipinski definition) is 1. The summed E-state index contributed by atoms with van der Waals surface area (Å²) >= 11 is 1.52. The third-order valence-electron chi connectivity index (χ3n) is 5.76. The fourth-order valence-corrected chi connectivity index (χ4v) is 4.85. The molecule has 1 atom stereocenters. The number of rotatable bonds is 8. The normalized spacial score (nSPS) is 14.8. The van der Waals surface area contributed by atoms with Gasteiger partial charge in [-0.3, -0.25) is 14.5 Å². The first-order valence-electron chi connectivity index (χ1n) is 10.9. The van der Waals surface area contributed by atoms with E-state index in [1.54, 1.807) is 42.3 Å². The Labute approximate surface area is 192 Å². The molecule has 4 rings (SSSR count). The monoisotopic (exact) mass is 452 g/mol. The molecule has 32 heavy (non-hydrogen) atoms. The summed E-state index contributed by atoms with van der Waals surface area (Å²) in [7, 11) is 1.60. The summed E-state index contributed by atoms with van der Waals surface area (Å²) in [6.07, 6.45) is 4.34. The molecule has 1 N–H and O–H groups in total. The molecular weight excluding hydrogens is 424 g/mol. The Morgan fingerprint density at radius 3 is 2.50 bits per heavy atom. The first kappa shape index (κ1) is 22.1. The number of furan rings is 1. The average molecular weight is 453 g/mol. The minimum absolute atomic E-state index is 0.131. The summed E-state index contributed by atoms with van der Waals surface area (Å²) in [5, 5.41) is 5.10. The zero-order valence-electron chi connectivity index (χ0n) is 18.4. The molecule has 7 heteroatoms. The van der Waals surface area contributed by atoms with Gasteiger partial charge in [0.25, 0.3) is 5.91 Å². The molecule has 2 aromatic heterocycles. The van der Waals surface area contributed by atoms with Crippen LogP contribution in [0, 0.1) is 6.92 Å². The molecule has 1 saturated carbocycles. The molecular formula is C25H28N2O4S. The number of ether oxygens (including phenoxy) is 1. The van der Waals surface area contributed by atoms with Crippen molar-refractivity contribution in [2.24, 2.45) is 0 Å². The molecule has 1 aliphatic rings. The van der Waals surface area contributed by atoms with Crippen LogP contribution in [0.1, 0.15) is 48.1 Å². The largest absolute Gasteiger partial charge is 0.497 e. The quantitative estimate of drug-likeness (QED) is 0.520. The number of amides is 2. The SMILES string of the molecule is COc1ccc(N(C(=O)Cc2cccs2)C(C(=O)NC2CCCC2)c2ccc(C)o2)cc1. The number of anilines is 1. The molecule has 0 spiro atoms. The second-order valence-electron chi connectivity index (χ2n) is 8.06. The third kappa shape index (κ3) is 5.05. The van der Waals surface area contributed by atoms with E-state index >= 15 is 0 Å². The Morgan fingerprint density at radius 2 is 1.91 bits per heavy atom. The second kappa shape index (κ2) is 10.0. The fourth-order valence-electron chi connectivity index (χ4n) is 4.15. The standard InChI is InChI=1S/C25H28N2O4S/c1-17-9-14-22(31-17)24(25(29)26-18-6-3-4-7-18)27(19-10-12-20(30-2)13-11-19)23(28)16-21-8-5-15-32-21/h5,8-15,18,24H,3-4,6-7,16H2,1-2H3,(H,26,29). The molecule has 1 unspecified atom stereocenters. The van der Waals surface area contributed by atoms with Crippen molar-refractivity contribution in [1.29, 1.82) is 0 Å². The Morgan fingerprint density at radius 1 is 1.16 bits per heavy atom. The highest BCUT2D eigenvalue weighted by molar-refractivity contribution is 7.10. The maximum atomic E-state index is 13.6. The zero-order valence-corrected chi connectivity index (χ0v) is 19.2. The van der Waals surface area contributed by atoms with E-state index in [9.17, 15) is 9.59 Å². The highest BCUT2D eigenvalue weighted by Gasteiger charge is 2.36. The smallest absolute Gasteiger partial charge is 0.251 e. The molecule has 6 nitrogen and oxygen atoms in total. The first-order chi connectivity index (χ1) is 15.5. The van der Waals surface area contributed by atoms with Gasteiger partial charge in [0.1, 0.15) is 17.3 Å². The van der Waals surface area contributed by atoms with Crippen LogP contribution < -0.4 is 15.0 Å². The average Bonchev–Trinajstić information content (AvgIpc) is 3.56. The lowest BCUT2D eigenvalue weighted by Gasteiger charge is -2.31. The van der Waals surface area contributed by atoms with Crippen LogP contribution in [0.25, 0.3) is 0 Å². The predicted molar refractivity (Wildman–Crippen MR) is 125 cm³/mol. The summed E-state index contributed by atoms with van der Waals surface area (Å²) in [6, 6.07) is 13.9. The summed E-state index contributed by atoms with van der Waals surface area (Å²) in [6.45, 7) is 1.83. The van der Waals surface area contributed by atoms with E-state index < -0.39 is 6.04 Å². The molecule has 0 aliphatic heterocycles. The van der Waals surface area contributed by atoms with Crippen molar-refractivity contribution in [3.63, 3.8) is 0 Å². The van der Waals surface area contributed by atoms with E-state index in [1.807, 2.05) is 30.5 Å². The van der Waals surface area contributed by atoms with E-state index in [0.29, 0.717) is 23.0 Å². The summed E-state index contributed by atoms with van der Waals surface area (Å²) in [5.74, 6) is 1.44. The van der Waals surface area contributed by atoms with Gasteiger partial charge in [-0.25, -0.2) is 0 Å². The number of carbonyl (C=O) groups is 2. The lowest BCUT2D eigenvalue weighted by atomic mass is 10.1. The Balaban J connectivity index is 1.73. The van der Waals surface area contributed by atoms with Gasteiger partial charge in [0.15, 0.2) is 6.04 Å². The molecule has 0 bridgehead atoms. The van der Waals surface area contributed by atoms with Crippen LogP contribution in [-0.4, -0.2) is 25.0 Å². The minimum Gasteiger partial charge on any atom is -0.497 e. The van der Waals surface area contributed by atoms with Gasteiger partial charge in [0.2, 0.25) is 5.91 Å². The van der Waals surface area contributed by atoms with E-state index in [0.717, 1.165) is 30.6 Å². The topological polar surface area (TPSA) is 71.8 Å². The number of aryl methyl sites for hydroxylation is 1. The van der Waals surface area contributed by atoms with E-state index in [2.05, 4.69) is 5.32 Å². The van der Waals surface area contributed by atoms with Gasteiger partial charge in [-0.1, -0.05) is 18.9 Å². The van der Waals surface area contributed by atoms with Crippen LogP contribution in [0.3, 0.4) is 0 Å². The van der Waals surface area contributed by atoms with Gasteiger partial charge in [-0.05, 0) is 67.6 Å². The van der Waals surface area contributed by atoms with Crippen LogP contribution in [0.4, 0.5) is 5.69 Å². The van der Waals surface area contributed by atoms with Crippen LogP contribution in [-0.2, 0) is 16.0 Å². The van der Waals surface area contributed by atoms with Crippen LogP contribution >= 0.6 is 11.3 Å². The van der Waals surface area contributed by atoms with Gasteiger partial charge in [0, 0.05) is 16.6 Å². The molecule has 3 aromatic rings. The minimum atomic E-state index is -0.898. The number of nitrogens with zero attached hydrogens (tertiary/aromatic N) is 1. The number of methoxy groups -OCH3 is 1. The van der Waals surface area contributed by atoms with Crippen molar-refractivity contribution < 1.29 is 18.7 Å². The van der Waals surface area contributed by atoms with Crippen molar-refractivity contribution in [3.05, 3.63) is 70.3 Å². The van der Waals surface area contributed by atoms with E-state index in [4.69, 9.17) is 9.15 Å². The number of nitrogens with one attached hydrogen (secondary N) is 1. The molecule has 2 amide bonds. The van der Waals surface area contributed by atoms with Crippen LogP contribution in [0.2, 0.25) is 0 Å². The second-order valence-corrected chi connectivity index (χ2v) is 9.09. The van der Waals surface area contributed by atoms with Crippen molar-refractivity contribution in [2.45, 2.75) is 51.1 Å². The maximum absolute atomic E-state index is 13.6. The Bertz CT molecular complexity index is 1040. The number of benzene rings is 1. The fraction of sp³-hybridized carbons (Fsp3) is 0.360. The first-order valence-corrected chi connectivity index (χ1v) is 11.8. The molecule has 1 aliphatic carbocycles. The molecule has 168 valence electrons. The summed E-state index contributed by atoms with van der Waals surface area (Å²) < 4.78 is 11.2. The van der Waals surface area contributed by atoms with Gasteiger partial charge < -0.3 is 14.5 Å². The molecule has 1 fully saturated rings. The van der Waals surface area contributed by atoms with Crippen molar-refractivity contribution >= 4 is 28.8 Å². The molecule has 0 radical (unpaired) electrons. The Kier molecular flexibility index (Phi) is 6.95. The number of carbonyl (C=O) groups excluding carboxylic acids is 2. The third-order valence-corrected chi connectivity index (χ3v) is 6.64. The highest BCUT2D eigenvalue weighted by Crippen LogP contribution is 2.32. The van der Waals surface area contributed by atoms with Crippen molar-refractivity contribution in [1.82, 2.24) is 5.32 Å². The number of thiophene rings is 1. The summed E-state index contributed by atoms with van der Waals surface area (Å²) in [4.78, 5) is 29.7. The highest BCUT2D eigenvalue weighted by atomic mass is 32.1. The van der Waals surface area contributed by atoms with Crippen molar-refractivity contribution in [2.75, 3.05) is 12.0 Å². The molecule has 2 heterocycles. The van der Waals surface area contributed by atoms with Crippen molar-refractivity contribution in [3.8, 4) is 5.75 Å². The van der Waals surface area contributed by atoms with Gasteiger partial charge in [-0.2, -0.15) is 0 Å². The zero-order chi connectivity index (χ0) is 22.5. The number of hydrogen-bond acceptors (Lipinski definition) is 5. The van der Waals surface area contributed by atoms with E-state index in [1.165, 1.54) is 11.3 Å². The van der Waals surface area contributed by atoms with Gasteiger partial charge in [0.05, 0.1) is 13.5 Å².